The Hall–Kier alpha value is -2.70. The van der Waals surface area contributed by atoms with Gasteiger partial charge in [-0.3, -0.25) is 4.79 Å². The van der Waals surface area contributed by atoms with Gasteiger partial charge in [-0.2, -0.15) is 0 Å². The van der Waals surface area contributed by atoms with E-state index < -0.39 is 5.97 Å². The minimum Gasteiger partial charge on any atom is -0.481 e. The van der Waals surface area contributed by atoms with Gasteiger partial charge >= 0.3 is 5.97 Å². The monoisotopic (exact) mass is 463 g/mol. The maximum atomic E-state index is 11.1. The molecular formula is C28H37N3O3. The van der Waals surface area contributed by atoms with Crippen molar-refractivity contribution in [2.45, 2.75) is 52.0 Å². The van der Waals surface area contributed by atoms with Crippen molar-refractivity contribution in [1.29, 1.82) is 0 Å². The SMILES string of the molecule is CCOCCn1c(C2CCN(CCc3ccc(CC(C)C(=O)O)cc3)CC2)nc2ccccc21. The highest BCUT2D eigenvalue weighted by Gasteiger charge is 2.25. The lowest BCUT2D eigenvalue weighted by molar-refractivity contribution is -0.141. The number of aromatic nitrogens is 2. The molecule has 1 aliphatic heterocycles. The fourth-order valence-corrected chi connectivity index (χ4v) is 4.93. The van der Waals surface area contributed by atoms with Crippen LogP contribution in [0.3, 0.4) is 0 Å². The average molecular weight is 464 g/mol. The zero-order valence-electron chi connectivity index (χ0n) is 20.4. The van der Waals surface area contributed by atoms with Crippen LogP contribution in [0.4, 0.5) is 0 Å². The molecule has 1 fully saturated rings. The van der Waals surface area contributed by atoms with Crippen LogP contribution in [0.25, 0.3) is 11.0 Å². The number of imidazole rings is 1. The predicted octanol–water partition coefficient (Wildman–Crippen LogP) is 4.76. The largest absolute Gasteiger partial charge is 0.481 e. The molecule has 0 aliphatic carbocycles. The van der Waals surface area contributed by atoms with Crippen LogP contribution in [0.5, 0.6) is 0 Å². The number of fused-ring (bicyclic) bond motifs is 1. The molecule has 1 unspecified atom stereocenters. The van der Waals surface area contributed by atoms with Crippen molar-refractivity contribution in [2.24, 2.45) is 5.92 Å². The lowest BCUT2D eigenvalue weighted by Crippen LogP contribution is -2.35. The average Bonchev–Trinajstić information content (AvgIpc) is 3.22. The maximum absolute atomic E-state index is 11.1. The summed E-state index contributed by atoms with van der Waals surface area (Å²) in [4.78, 5) is 18.7. The van der Waals surface area contributed by atoms with Gasteiger partial charge in [0, 0.05) is 25.6 Å². The molecule has 6 heteroatoms. The van der Waals surface area contributed by atoms with E-state index in [2.05, 4.69) is 58.0 Å². The highest BCUT2D eigenvalue weighted by molar-refractivity contribution is 5.76. The van der Waals surface area contributed by atoms with Gasteiger partial charge in [0.1, 0.15) is 5.82 Å². The molecule has 4 rings (SSSR count). The van der Waals surface area contributed by atoms with E-state index in [-0.39, 0.29) is 5.92 Å². The number of benzene rings is 2. The quantitative estimate of drug-likeness (QED) is 0.415. The third-order valence-electron chi connectivity index (χ3n) is 7.00. The molecule has 1 aromatic heterocycles. The van der Waals surface area contributed by atoms with E-state index in [1.165, 1.54) is 16.9 Å². The van der Waals surface area contributed by atoms with Gasteiger partial charge in [0.2, 0.25) is 0 Å². The Morgan fingerprint density at radius 1 is 1.09 bits per heavy atom. The van der Waals surface area contributed by atoms with Gasteiger partial charge in [-0.25, -0.2) is 4.98 Å². The molecule has 3 aromatic rings. The van der Waals surface area contributed by atoms with Crippen molar-refractivity contribution in [3.63, 3.8) is 0 Å². The van der Waals surface area contributed by atoms with Crippen LogP contribution < -0.4 is 0 Å². The lowest BCUT2D eigenvalue weighted by Gasteiger charge is -2.32. The molecule has 0 spiro atoms. The normalized spacial score (nSPS) is 16.2. The minimum absolute atomic E-state index is 0.348. The molecule has 2 aromatic carbocycles. The van der Waals surface area contributed by atoms with Crippen LogP contribution in [-0.4, -0.2) is 58.4 Å². The minimum atomic E-state index is -0.739. The van der Waals surface area contributed by atoms with Crippen molar-refractivity contribution in [3.8, 4) is 0 Å². The zero-order chi connectivity index (χ0) is 23.9. The molecule has 1 N–H and O–H groups in total. The molecule has 0 radical (unpaired) electrons. The van der Waals surface area contributed by atoms with Gasteiger partial charge in [0.05, 0.1) is 23.6 Å². The molecule has 2 heterocycles. The van der Waals surface area contributed by atoms with Crippen LogP contribution in [0.1, 0.15) is 49.6 Å². The highest BCUT2D eigenvalue weighted by atomic mass is 16.5. The molecule has 1 atom stereocenters. The fraction of sp³-hybridized carbons (Fsp3) is 0.500. The second-order valence-electron chi connectivity index (χ2n) is 9.43. The summed E-state index contributed by atoms with van der Waals surface area (Å²) < 4.78 is 8.02. The van der Waals surface area contributed by atoms with Crippen LogP contribution in [0.2, 0.25) is 0 Å². The standard InChI is InChI=1S/C28H37N3O3/c1-3-34-19-18-31-26-7-5-4-6-25(26)29-27(31)24-13-16-30(17-14-24)15-12-22-8-10-23(11-9-22)20-21(2)28(32)33/h4-11,21,24H,3,12-20H2,1-2H3,(H,32,33). The van der Waals surface area contributed by atoms with Crippen LogP contribution in [-0.2, 0) is 28.9 Å². The van der Waals surface area contributed by atoms with E-state index >= 15 is 0 Å². The summed E-state index contributed by atoms with van der Waals surface area (Å²) in [6.45, 7) is 9.34. The van der Waals surface area contributed by atoms with Crippen molar-refractivity contribution in [1.82, 2.24) is 14.5 Å². The lowest BCUT2D eigenvalue weighted by atomic mass is 9.95. The van der Waals surface area contributed by atoms with E-state index in [4.69, 9.17) is 14.8 Å². The summed E-state index contributed by atoms with van der Waals surface area (Å²) in [5.41, 5.74) is 4.69. The van der Waals surface area contributed by atoms with E-state index in [1.54, 1.807) is 6.92 Å². The number of piperidine rings is 1. The number of hydrogen-bond acceptors (Lipinski definition) is 4. The number of carboxylic acid groups (broad SMARTS) is 1. The number of carbonyl (C=O) groups is 1. The molecule has 34 heavy (non-hydrogen) atoms. The van der Waals surface area contributed by atoms with E-state index in [0.717, 1.165) is 69.7 Å². The molecule has 1 aliphatic rings. The second kappa shape index (κ2) is 11.6. The summed E-state index contributed by atoms with van der Waals surface area (Å²) in [5.74, 6) is 0.615. The number of hydrogen-bond donors (Lipinski definition) is 1. The Morgan fingerprint density at radius 3 is 2.50 bits per heavy atom. The summed E-state index contributed by atoms with van der Waals surface area (Å²) in [6.07, 6.45) is 3.86. The van der Waals surface area contributed by atoms with Gasteiger partial charge in [0.15, 0.2) is 0 Å². The van der Waals surface area contributed by atoms with Gasteiger partial charge in [-0.15, -0.1) is 0 Å². The first kappa shape index (κ1) is 24.4. The van der Waals surface area contributed by atoms with Crippen molar-refractivity contribution in [3.05, 3.63) is 65.5 Å². The van der Waals surface area contributed by atoms with Crippen molar-refractivity contribution in [2.75, 3.05) is 32.8 Å². The number of nitrogens with zero attached hydrogens (tertiary/aromatic N) is 3. The zero-order valence-corrected chi connectivity index (χ0v) is 20.4. The molecule has 0 saturated carbocycles. The van der Waals surface area contributed by atoms with E-state index in [9.17, 15) is 4.79 Å². The van der Waals surface area contributed by atoms with Gasteiger partial charge in [0.25, 0.3) is 0 Å². The van der Waals surface area contributed by atoms with E-state index in [0.29, 0.717) is 12.3 Å². The highest BCUT2D eigenvalue weighted by Crippen LogP contribution is 2.30. The van der Waals surface area contributed by atoms with Crippen molar-refractivity contribution >= 4 is 17.0 Å². The Bertz CT molecular complexity index is 1070. The van der Waals surface area contributed by atoms with Gasteiger partial charge in [-0.1, -0.05) is 43.3 Å². The summed E-state index contributed by atoms with van der Waals surface area (Å²) >= 11 is 0. The first-order valence-corrected chi connectivity index (χ1v) is 12.6. The number of para-hydroxylation sites is 2. The van der Waals surface area contributed by atoms with Gasteiger partial charge < -0.3 is 19.3 Å². The van der Waals surface area contributed by atoms with Gasteiger partial charge in [-0.05, 0) is 69.0 Å². The molecule has 1 saturated heterocycles. The Kier molecular flexibility index (Phi) is 8.35. The van der Waals surface area contributed by atoms with Crippen LogP contribution in [0, 0.1) is 5.92 Å². The molecule has 0 bridgehead atoms. The number of likely N-dealkylation sites (tertiary alicyclic amines) is 1. The Labute approximate surface area is 202 Å². The second-order valence-corrected chi connectivity index (χ2v) is 9.43. The van der Waals surface area contributed by atoms with Crippen molar-refractivity contribution < 1.29 is 14.6 Å². The molecule has 0 amide bonds. The summed E-state index contributed by atoms with van der Waals surface area (Å²) in [5, 5.41) is 9.10. The summed E-state index contributed by atoms with van der Waals surface area (Å²) in [7, 11) is 0. The first-order valence-electron chi connectivity index (χ1n) is 12.6. The predicted molar refractivity (Wildman–Crippen MR) is 135 cm³/mol. The third-order valence-corrected chi connectivity index (χ3v) is 7.00. The first-order chi connectivity index (χ1) is 16.5. The number of rotatable bonds is 11. The number of ether oxygens (including phenoxy) is 1. The molecule has 182 valence electrons. The summed E-state index contributed by atoms with van der Waals surface area (Å²) in [6, 6.07) is 16.9. The molecule has 6 nitrogen and oxygen atoms in total. The smallest absolute Gasteiger partial charge is 0.306 e. The Morgan fingerprint density at radius 2 is 1.79 bits per heavy atom. The van der Waals surface area contributed by atoms with Crippen LogP contribution >= 0.6 is 0 Å². The fourth-order valence-electron chi connectivity index (χ4n) is 4.93. The maximum Gasteiger partial charge on any atom is 0.306 e. The van der Waals surface area contributed by atoms with E-state index in [1.807, 2.05) is 6.92 Å². The topological polar surface area (TPSA) is 67.6 Å². The molecular weight excluding hydrogens is 426 g/mol. The third kappa shape index (κ3) is 6.05. The van der Waals surface area contributed by atoms with Crippen LogP contribution in [0.15, 0.2) is 48.5 Å². The number of carboxylic acids is 1. The Balaban J connectivity index is 1.31. The number of aliphatic carboxylic acids is 1.